The number of methoxy groups -OCH3 is 1. The van der Waals surface area contributed by atoms with Crippen molar-refractivity contribution < 1.29 is 14.3 Å². The van der Waals surface area contributed by atoms with Crippen LogP contribution in [0.25, 0.3) is 0 Å². The van der Waals surface area contributed by atoms with Crippen LogP contribution in [0.4, 0.5) is 0 Å². The minimum Gasteiger partial charge on any atom is -0.623 e. The number of hydrogen-bond acceptors (Lipinski definition) is 3. The fourth-order valence-electron chi connectivity index (χ4n) is 2.03. The summed E-state index contributed by atoms with van der Waals surface area (Å²) in [6, 6.07) is 17.7. The highest BCUT2D eigenvalue weighted by Gasteiger charge is 2.27. The van der Waals surface area contributed by atoms with E-state index in [0.29, 0.717) is 11.2 Å². The number of hydroxylamine groups is 1. The smallest absolute Gasteiger partial charge is 0.376 e. The second-order valence-corrected chi connectivity index (χ2v) is 4.63. The largest absolute Gasteiger partial charge is 0.623 e. The number of benzene rings is 2. The van der Waals surface area contributed by atoms with Crippen LogP contribution in [-0.2, 0) is 16.0 Å². The molecule has 0 spiro atoms. The topological polar surface area (TPSA) is 52.4 Å². The zero-order chi connectivity index (χ0) is 15.1. The molecule has 0 bridgehead atoms. The Morgan fingerprint density at radius 1 is 1.14 bits per heavy atom. The van der Waals surface area contributed by atoms with Gasteiger partial charge in [0, 0.05) is 12.0 Å². The van der Waals surface area contributed by atoms with Crippen molar-refractivity contribution >= 4 is 12.2 Å². The zero-order valence-corrected chi connectivity index (χ0v) is 11.8. The standard InChI is InChI=1S/C17H17NO3/c1-21-17(19)16(12-14-8-4-2-5-9-14)18(20)13-15-10-6-3-7-11-15/h2-11,13,16H,12H2,1H3/b18-13-/t16-/m0/s1. The second kappa shape index (κ2) is 7.24. The monoisotopic (exact) mass is 283 g/mol. The van der Waals surface area contributed by atoms with Gasteiger partial charge < -0.3 is 9.94 Å². The highest BCUT2D eigenvalue weighted by Crippen LogP contribution is 2.07. The molecule has 0 aliphatic heterocycles. The Hall–Kier alpha value is -2.62. The molecule has 0 heterocycles. The summed E-state index contributed by atoms with van der Waals surface area (Å²) in [5, 5.41) is 12.3. The van der Waals surface area contributed by atoms with E-state index < -0.39 is 12.0 Å². The summed E-state index contributed by atoms with van der Waals surface area (Å²) >= 11 is 0. The lowest BCUT2D eigenvalue weighted by Crippen LogP contribution is -2.34. The molecule has 1 atom stereocenters. The second-order valence-electron chi connectivity index (χ2n) is 4.63. The number of esters is 1. The molecule has 2 aromatic rings. The van der Waals surface area contributed by atoms with Crippen LogP contribution < -0.4 is 0 Å². The Balaban J connectivity index is 2.23. The number of hydrogen-bond donors (Lipinski definition) is 0. The maximum absolute atomic E-state index is 12.3. The van der Waals surface area contributed by atoms with Crippen molar-refractivity contribution in [1.82, 2.24) is 0 Å². The zero-order valence-electron chi connectivity index (χ0n) is 11.8. The lowest BCUT2D eigenvalue weighted by atomic mass is 10.1. The van der Waals surface area contributed by atoms with Gasteiger partial charge in [-0.1, -0.05) is 48.5 Å². The lowest BCUT2D eigenvalue weighted by molar-refractivity contribution is -0.484. The Labute approximate surface area is 123 Å². The fourth-order valence-corrected chi connectivity index (χ4v) is 2.03. The molecule has 108 valence electrons. The summed E-state index contributed by atoms with van der Waals surface area (Å²) < 4.78 is 5.40. The van der Waals surface area contributed by atoms with Gasteiger partial charge in [0.05, 0.1) is 7.11 Å². The molecule has 0 fully saturated rings. The molecule has 2 aromatic carbocycles. The van der Waals surface area contributed by atoms with Crippen LogP contribution in [-0.4, -0.2) is 30.1 Å². The quantitative estimate of drug-likeness (QED) is 0.278. The Morgan fingerprint density at radius 2 is 1.71 bits per heavy atom. The highest BCUT2D eigenvalue weighted by atomic mass is 16.5. The molecule has 0 radical (unpaired) electrons. The molecule has 0 aliphatic rings. The summed E-state index contributed by atoms with van der Waals surface area (Å²) in [5.41, 5.74) is 1.66. The van der Waals surface area contributed by atoms with E-state index >= 15 is 0 Å². The van der Waals surface area contributed by atoms with Gasteiger partial charge in [0.15, 0.2) is 6.21 Å². The maximum Gasteiger partial charge on any atom is 0.376 e. The summed E-state index contributed by atoms with van der Waals surface area (Å²) in [6.45, 7) is 0. The van der Waals surface area contributed by atoms with Crippen molar-refractivity contribution in [3.05, 3.63) is 77.0 Å². The number of ether oxygens (including phenoxy) is 1. The molecule has 0 unspecified atom stereocenters. The van der Waals surface area contributed by atoms with E-state index in [2.05, 4.69) is 0 Å². The average Bonchev–Trinajstić information content (AvgIpc) is 2.53. The van der Waals surface area contributed by atoms with Gasteiger partial charge in [0.1, 0.15) is 0 Å². The van der Waals surface area contributed by atoms with Gasteiger partial charge >= 0.3 is 5.97 Å². The third-order valence-electron chi connectivity index (χ3n) is 3.13. The van der Waals surface area contributed by atoms with Gasteiger partial charge in [-0.3, -0.25) is 0 Å². The predicted molar refractivity (Wildman–Crippen MR) is 81.2 cm³/mol. The number of carbonyl (C=O) groups excluding carboxylic acids is 1. The minimum atomic E-state index is -0.891. The molecule has 21 heavy (non-hydrogen) atoms. The van der Waals surface area contributed by atoms with Crippen molar-refractivity contribution in [3.8, 4) is 0 Å². The van der Waals surface area contributed by atoms with Gasteiger partial charge in [-0.25, -0.2) is 4.79 Å². The third kappa shape index (κ3) is 4.18. The molecule has 0 saturated heterocycles. The number of rotatable bonds is 5. The van der Waals surface area contributed by atoms with Crippen molar-refractivity contribution in [3.63, 3.8) is 0 Å². The molecule has 0 aromatic heterocycles. The molecule has 4 nitrogen and oxygen atoms in total. The van der Waals surface area contributed by atoms with E-state index in [1.165, 1.54) is 13.3 Å². The van der Waals surface area contributed by atoms with E-state index in [4.69, 9.17) is 4.74 Å². The summed E-state index contributed by atoms with van der Waals surface area (Å²) in [7, 11) is 1.29. The average molecular weight is 283 g/mol. The molecule has 0 saturated carbocycles. The summed E-state index contributed by atoms with van der Waals surface area (Å²) in [6.07, 6.45) is 1.71. The van der Waals surface area contributed by atoms with E-state index in [1.807, 2.05) is 60.7 Å². The Morgan fingerprint density at radius 3 is 2.29 bits per heavy atom. The lowest BCUT2D eigenvalue weighted by Gasteiger charge is -2.15. The number of carbonyl (C=O) groups is 1. The molecular formula is C17H17NO3. The van der Waals surface area contributed by atoms with Crippen LogP contribution in [0.15, 0.2) is 60.7 Å². The van der Waals surface area contributed by atoms with Crippen LogP contribution in [0, 0.1) is 5.21 Å². The van der Waals surface area contributed by atoms with E-state index in [9.17, 15) is 10.0 Å². The van der Waals surface area contributed by atoms with E-state index in [-0.39, 0.29) is 0 Å². The maximum atomic E-state index is 12.3. The van der Waals surface area contributed by atoms with Crippen LogP contribution in [0.3, 0.4) is 0 Å². The van der Waals surface area contributed by atoms with E-state index in [0.717, 1.165) is 11.1 Å². The molecule has 0 aliphatic carbocycles. The SMILES string of the molecule is COC(=O)[C@H](Cc1ccccc1)/[N+]([O-])=C/c1ccccc1. The van der Waals surface area contributed by atoms with Crippen LogP contribution in [0.1, 0.15) is 11.1 Å². The van der Waals surface area contributed by atoms with Crippen molar-refractivity contribution in [2.45, 2.75) is 12.5 Å². The van der Waals surface area contributed by atoms with Crippen LogP contribution >= 0.6 is 0 Å². The first-order valence-corrected chi connectivity index (χ1v) is 6.68. The molecule has 4 heteroatoms. The molecular weight excluding hydrogens is 266 g/mol. The predicted octanol–water partition coefficient (Wildman–Crippen LogP) is 2.40. The van der Waals surface area contributed by atoms with Gasteiger partial charge in [-0.2, -0.15) is 4.74 Å². The highest BCUT2D eigenvalue weighted by molar-refractivity contribution is 5.79. The normalized spacial score (nSPS) is 12.7. The first kappa shape index (κ1) is 14.8. The van der Waals surface area contributed by atoms with Crippen molar-refractivity contribution in [1.29, 1.82) is 0 Å². The van der Waals surface area contributed by atoms with E-state index in [1.54, 1.807) is 0 Å². The van der Waals surface area contributed by atoms with Gasteiger partial charge in [-0.05, 0) is 17.7 Å². The van der Waals surface area contributed by atoms with Gasteiger partial charge in [-0.15, -0.1) is 0 Å². The van der Waals surface area contributed by atoms with Gasteiger partial charge in [0.25, 0.3) is 6.04 Å². The first-order chi connectivity index (χ1) is 10.2. The van der Waals surface area contributed by atoms with Crippen LogP contribution in [0.5, 0.6) is 0 Å². The summed E-state index contributed by atoms with van der Waals surface area (Å²) in [4.78, 5) is 11.9. The van der Waals surface area contributed by atoms with Gasteiger partial charge in [0.2, 0.25) is 0 Å². The van der Waals surface area contributed by atoms with Crippen molar-refractivity contribution in [2.75, 3.05) is 7.11 Å². The number of nitrogens with zero attached hydrogens (tertiary/aromatic N) is 1. The Bertz CT molecular complexity index is 608. The molecule has 2 rings (SSSR count). The third-order valence-corrected chi connectivity index (χ3v) is 3.13. The fraction of sp³-hybridized carbons (Fsp3) is 0.176. The first-order valence-electron chi connectivity index (χ1n) is 6.68. The molecule has 0 amide bonds. The van der Waals surface area contributed by atoms with Crippen LogP contribution in [0.2, 0.25) is 0 Å². The summed E-state index contributed by atoms with van der Waals surface area (Å²) in [5.74, 6) is -0.541. The van der Waals surface area contributed by atoms with Crippen molar-refractivity contribution in [2.24, 2.45) is 0 Å². The minimum absolute atomic E-state index is 0.306. The Kier molecular flexibility index (Phi) is 5.10. The molecule has 0 N–H and O–H groups in total.